The number of hydrogen-bond donors (Lipinski definition) is 3. The van der Waals surface area contributed by atoms with E-state index in [0.717, 1.165) is 67.2 Å². The molecule has 7 rings (SSSR count). The Kier molecular flexibility index (Phi) is 14.4. The number of carbonyl (C=O) groups excluding carboxylic acids is 1. The van der Waals surface area contributed by atoms with Crippen LogP contribution >= 0.6 is 0 Å². The van der Waals surface area contributed by atoms with Crippen molar-refractivity contribution in [1.29, 1.82) is 0 Å². The first-order valence-electron chi connectivity index (χ1n) is 20.6. The molecular formula is C45H57N9O4. The van der Waals surface area contributed by atoms with Crippen LogP contribution in [-0.2, 0) is 6.54 Å². The van der Waals surface area contributed by atoms with Gasteiger partial charge in [-0.1, -0.05) is 43.2 Å². The summed E-state index contributed by atoms with van der Waals surface area (Å²) in [6, 6.07) is 24.6. The number of amides is 2. The lowest BCUT2D eigenvalue weighted by Gasteiger charge is -2.39. The Hall–Kier alpha value is -5.66. The van der Waals surface area contributed by atoms with E-state index in [4.69, 9.17) is 14.2 Å². The molecular weight excluding hydrogens is 731 g/mol. The van der Waals surface area contributed by atoms with Gasteiger partial charge < -0.3 is 40.0 Å². The fraction of sp³-hybridized carbons (Fsp3) is 0.422. The first-order chi connectivity index (χ1) is 28.5. The highest BCUT2D eigenvalue weighted by Gasteiger charge is 2.24. The van der Waals surface area contributed by atoms with Gasteiger partial charge >= 0.3 is 6.03 Å². The van der Waals surface area contributed by atoms with Crippen LogP contribution in [0.5, 0.6) is 17.2 Å². The van der Waals surface area contributed by atoms with Crippen molar-refractivity contribution in [2.75, 3.05) is 94.0 Å². The van der Waals surface area contributed by atoms with Crippen molar-refractivity contribution in [1.82, 2.24) is 24.8 Å². The quantitative estimate of drug-likeness (QED) is 0.0754. The van der Waals surface area contributed by atoms with Gasteiger partial charge in [0.2, 0.25) is 0 Å². The predicted octanol–water partition coefficient (Wildman–Crippen LogP) is 7.77. The minimum absolute atomic E-state index is 0.359. The molecule has 0 bridgehead atoms. The molecule has 13 heteroatoms. The van der Waals surface area contributed by atoms with E-state index in [1.165, 1.54) is 51.9 Å². The Bertz CT molecular complexity index is 2050. The van der Waals surface area contributed by atoms with Gasteiger partial charge in [0.15, 0.2) is 11.5 Å². The van der Waals surface area contributed by atoms with E-state index in [9.17, 15) is 4.79 Å². The van der Waals surface area contributed by atoms with Crippen molar-refractivity contribution < 1.29 is 19.0 Å². The Morgan fingerprint density at radius 2 is 1.55 bits per heavy atom. The van der Waals surface area contributed by atoms with E-state index >= 15 is 0 Å². The number of urea groups is 1. The minimum atomic E-state index is -0.359. The summed E-state index contributed by atoms with van der Waals surface area (Å²) in [5.41, 5.74) is 2.98. The first-order valence-corrected chi connectivity index (χ1v) is 20.6. The average molecular weight is 788 g/mol. The summed E-state index contributed by atoms with van der Waals surface area (Å²) >= 11 is 0. The number of carbonyl (C=O) groups is 1. The molecule has 4 heterocycles. The number of pyridine rings is 1. The fourth-order valence-electron chi connectivity index (χ4n) is 7.89. The zero-order chi connectivity index (χ0) is 39.9. The highest BCUT2D eigenvalue weighted by Crippen LogP contribution is 2.34. The number of rotatable bonds is 18. The molecule has 0 unspecified atom stereocenters. The smallest absolute Gasteiger partial charge is 0.323 e. The molecule has 5 aromatic rings. The summed E-state index contributed by atoms with van der Waals surface area (Å²) in [5, 5.41) is 10.0. The second kappa shape index (κ2) is 20.7. The summed E-state index contributed by atoms with van der Waals surface area (Å²) in [6.07, 6.45) is 10.6. The molecule has 0 saturated carbocycles. The van der Waals surface area contributed by atoms with Crippen LogP contribution in [0.4, 0.5) is 27.8 Å². The number of nitrogens with one attached hydrogen (secondary N) is 3. The number of aromatic nitrogens is 3. The number of likely N-dealkylation sites (tertiary alicyclic amines) is 1. The van der Waals surface area contributed by atoms with Crippen LogP contribution in [0.15, 0.2) is 91.4 Å². The maximum Gasteiger partial charge on any atom is 0.323 e. The summed E-state index contributed by atoms with van der Waals surface area (Å²) in [6.45, 7) is 10.4. The number of piperazine rings is 1. The van der Waals surface area contributed by atoms with Crippen LogP contribution in [0, 0.1) is 5.92 Å². The van der Waals surface area contributed by atoms with Crippen LogP contribution in [0.2, 0.25) is 0 Å². The van der Waals surface area contributed by atoms with Gasteiger partial charge in [0.1, 0.15) is 23.7 Å². The Balaban J connectivity index is 0.810. The van der Waals surface area contributed by atoms with Crippen molar-refractivity contribution in [3.63, 3.8) is 0 Å². The Morgan fingerprint density at radius 1 is 0.741 bits per heavy atom. The topological polar surface area (TPSA) is 129 Å². The van der Waals surface area contributed by atoms with Crippen molar-refractivity contribution in [2.24, 2.45) is 5.92 Å². The molecule has 2 amide bonds. The monoisotopic (exact) mass is 787 g/mol. The van der Waals surface area contributed by atoms with Crippen molar-refractivity contribution in [2.45, 2.75) is 45.1 Å². The van der Waals surface area contributed by atoms with Gasteiger partial charge in [-0.05, 0) is 99.3 Å². The van der Waals surface area contributed by atoms with Gasteiger partial charge in [-0.2, -0.15) is 0 Å². The van der Waals surface area contributed by atoms with E-state index in [0.29, 0.717) is 47.6 Å². The highest BCUT2D eigenvalue weighted by atomic mass is 16.5. The Morgan fingerprint density at radius 3 is 2.36 bits per heavy atom. The number of nitrogens with zero attached hydrogens (tertiary/aromatic N) is 6. The summed E-state index contributed by atoms with van der Waals surface area (Å²) in [4.78, 5) is 34.0. The molecule has 58 heavy (non-hydrogen) atoms. The first kappa shape index (κ1) is 40.5. The number of hydrogen-bond acceptors (Lipinski definition) is 11. The molecule has 2 saturated heterocycles. The largest absolute Gasteiger partial charge is 0.495 e. The van der Waals surface area contributed by atoms with Gasteiger partial charge in [-0.15, -0.1) is 0 Å². The molecule has 306 valence electrons. The zero-order valence-corrected chi connectivity index (χ0v) is 33.9. The van der Waals surface area contributed by atoms with Gasteiger partial charge in [-0.25, -0.2) is 19.7 Å². The van der Waals surface area contributed by atoms with E-state index in [2.05, 4.69) is 57.7 Å². The van der Waals surface area contributed by atoms with Gasteiger partial charge in [0, 0.05) is 62.6 Å². The third-order valence-corrected chi connectivity index (χ3v) is 11.1. The third-order valence-electron chi connectivity index (χ3n) is 11.1. The third kappa shape index (κ3) is 11.3. The van der Waals surface area contributed by atoms with Crippen LogP contribution in [-0.4, -0.2) is 104 Å². The fourth-order valence-corrected chi connectivity index (χ4v) is 7.89. The number of benzene rings is 3. The number of unbranched alkanes of at least 4 members (excludes halogenated alkanes) is 3. The molecule has 2 aromatic heterocycles. The Labute approximate surface area is 342 Å². The second-order valence-corrected chi connectivity index (χ2v) is 15.1. The normalized spacial score (nSPS) is 15.2. The summed E-state index contributed by atoms with van der Waals surface area (Å²) < 4.78 is 17.3. The lowest BCUT2D eigenvalue weighted by Crippen LogP contribution is -2.49. The average Bonchev–Trinajstić information content (AvgIpc) is 3.26. The van der Waals surface area contributed by atoms with Crippen LogP contribution in [0.1, 0.15) is 44.1 Å². The van der Waals surface area contributed by atoms with Crippen LogP contribution in [0.3, 0.4) is 0 Å². The van der Waals surface area contributed by atoms with Crippen molar-refractivity contribution in [3.05, 3.63) is 97.0 Å². The zero-order valence-electron chi connectivity index (χ0n) is 33.9. The summed E-state index contributed by atoms with van der Waals surface area (Å²) in [7, 11) is 3.22. The second-order valence-electron chi connectivity index (χ2n) is 15.1. The van der Waals surface area contributed by atoms with E-state index < -0.39 is 0 Å². The number of anilines is 4. The molecule has 0 radical (unpaired) electrons. The lowest BCUT2D eigenvalue weighted by molar-refractivity contribution is 0.138. The molecule has 13 nitrogen and oxygen atoms in total. The highest BCUT2D eigenvalue weighted by molar-refractivity contribution is 6.00. The number of ether oxygens (including phenoxy) is 3. The molecule has 3 N–H and O–H groups in total. The van der Waals surface area contributed by atoms with Crippen molar-refractivity contribution in [3.8, 4) is 17.2 Å². The van der Waals surface area contributed by atoms with E-state index in [1.807, 2.05) is 60.8 Å². The molecule has 2 aliphatic heterocycles. The molecule has 2 fully saturated rings. The van der Waals surface area contributed by atoms with E-state index in [-0.39, 0.29) is 6.03 Å². The SMILES string of the molecule is COc1ccccc1NC(=O)Nc1cccc(CNc2ncnc3cc(OC)c(OCCCCCCN4CCC(CN5CCN(c6ccccn6)CC5)CC4)cc23)c1. The van der Waals surface area contributed by atoms with Crippen LogP contribution in [0.25, 0.3) is 10.9 Å². The van der Waals surface area contributed by atoms with Crippen molar-refractivity contribution >= 4 is 39.9 Å². The maximum absolute atomic E-state index is 12.7. The number of piperidine rings is 1. The number of methoxy groups -OCH3 is 2. The molecule has 0 spiro atoms. The lowest BCUT2D eigenvalue weighted by atomic mass is 9.95. The molecule has 0 aliphatic carbocycles. The molecule has 3 aromatic carbocycles. The maximum atomic E-state index is 12.7. The number of fused-ring (bicyclic) bond motifs is 1. The van der Waals surface area contributed by atoms with E-state index in [1.54, 1.807) is 32.7 Å². The standard InChI is InChI=1S/C45H57N9O4/c1-56-40-15-6-5-14-38(40)51-45(55)50-36-13-11-12-35(28-36)31-47-44-37-29-42(41(57-2)30-39(37)48-33-49-44)58-27-10-4-3-9-20-52-21-17-34(18-22-52)32-53-23-25-54(26-24-53)43-16-7-8-19-46-43/h5-8,11-16,19,28-30,33-34H,3-4,9-10,17-18,20-27,31-32H2,1-2H3,(H,47,48,49)(H2,50,51,55). The summed E-state index contributed by atoms with van der Waals surface area (Å²) in [5.74, 6) is 4.52. The predicted molar refractivity (Wildman–Crippen MR) is 232 cm³/mol. The van der Waals surface area contributed by atoms with Gasteiger partial charge in [-0.3, -0.25) is 4.90 Å². The molecule has 2 aliphatic rings. The molecule has 0 atom stereocenters. The van der Waals surface area contributed by atoms with Gasteiger partial charge in [0.05, 0.1) is 32.0 Å². The minimum Gasteiger partial charge on any atom is -0.495 e. The number of para-hydroxylation sites is 2. The van der Waals surface area contributed by atoms with Crippen LogP contribution < -0.4 is 35.1 Å². The van der Waals surface area contributed by atoms with Gasteiger partial charge in [0.25, 0.3) is 0 Å².